The fourth-order valence-corrected chi connectivity index (χ4v) is 2.17. The standard InChI is InChI=1S/C11H17N3O/c1-2-8-13-9-12-14(11(13)15)10-6-4-3-5-7-10/h2,8-10H,3-7H2,1H3/b8-2-. The third kappa shape index (κ3) is 2.03. The Kier molecular flexibility index (Phi) is 3.04. The molecule has 1 aliphatic carbocycles. The van der Waals surface area contributed by atoms with Gasteiger partial charge in [-0.3, -0.25) is 4.57 Å². The summed E-state index contributed by atoms with van der Waals surface area (Å²) >= 11 is 0. The van der Waals surface area contributed by atoms with E-state index in [1.807, 2.05) is 13.0 Å². The average Bonchev–Trinajstić information content (AvgIpc) is 2.63. The maximum absolute atomic E-state index is 11.9. The zero-order valence-electron chi connectivity index (χ0n) is 9.09. The third-order valence-corrected chi connectivity index (χ3v) is 2.95. The number of aromatic nitrogens is 3. The second kappa shape index (κ2) is 4.47. The van der Waals surface area contributed by atoms with Crippen molar-refractivity contribution in [1.29, 1.82) is 0 Å². The molecule has 0 spiro atoms. The summed E-state index contributed by atoms with van der Waals surface area (Å²) < 4.78 is 3.17. The minimum atomic E-state index is -0.0139. The van der Waals surface area contributed by atoms with Gasteiger partial charge in [0, 0.05) is 6.20 Å². The highest BCUT2D eigenvalue weighted by Crippen LogP contribution is 2.25. The minimum Gasteiger partial charge on any atom is -0.257 e. The molecule has 0 amide bonds. The molecule has 15 heavy (non-hydrogen) atoms. The molecular weight excluding hydrogens is 190 g/mol. The Hall–Kier alpha value is -1.32. The molecule has 1 heterocycles. The predicted molar refractivity (Wildman–Crippen MR) is 59.6 cm³/mol. The average molecular weight is 207 g/mol. The van der Waals surface area contributed by atoms with E-state index in [9.17, 15) is 4.79 Å². The summed E-state index contributed by atoms with van der Waals surface area (Å²) in [5.74, 6) is 0. The van der Waals surface area contributed by atoms with E-state index in [1.165, 1.54) is 23.8 Å². The molecule has 0 saturated heterocycles. The van der Waals surface area contributed by atoms with E-state index in [0.29, 0.717) is 6.04 Å². The molecule has 0 bridgehead atoms. The second-order valence-electron chi connectivity index (χ2n) is 4.04. The van der Waals surface area contributed by atoms with Gasteiger partial charge in [0.1, 0.15) is 6.33 Å². The van der Waals surface area contributed by atoms with E-state index in [-0.39, 0.29) is 5.69 Å². The van der Waals surface area contributed by atoms with Gasteiger partial charge in [-0.05, 0) is 19.8 Å². The molecule has 82 valence electrons. The van der Waals surface area contributed by atoms with Crippen LogP contribution >= 0.6 is 0 Å². The topological polar surface area (TPSA) is 39.8 Å². The lowest BCUT2D eigenvalue weighted by molar-refractivity contribution is 0.321. The van der Waals surface area contributed by atoms with Gasteiger partial charge in [0.05, 0.1) is 6.04 Å². The van der Waals surface area contributed by atoms with Gasteiger partial charge in [-0.15, -0.1) is 0 Å². The van der Waals surface area contributed by atoms with Crippen LogP contribution in [0.25, 0.3) is 6.20 Å². The summed E-state index contributed by atoms with van der Waals surface area (Å²) in [7, 11) is 0. The highest BCUT2D eigenvalue weighted by Gasteiger charge is 2.18. The molecule has 0 aromatic carbocycles. The maximum Gasteiger partial charge on any atom is 0.350 e. The Labute approximate surface area is 89.2 Å². The van der Waals surface area contributed by atoms with E-state index >= 15 is 0 Å². The van der Waals surface area contributed by atoms with E-state index < -0.39 is 0 Å². The first-order valence-corrected chi connectivity index (χ1v) is 5.61. The van der Waals surface area contributed by atoms with E-state index in [2.05, 4.69) is 5.10 Å². The molecule has 4 nitrogen and oxygen atoms in total. The highest BCUT2D eigenvalue weighted by atomic mass is 16.2. The van der Waals surface area contributed by atoms with Gasteiger partial charge in [0.15, 0.2) is 0 Å². The summed E-state index contributed by atoms with van der Waals surface area (Å²) in [6.45, 7) is 1.89. The monoisotopic (exact) mass is 207 g/mol. The van der Waals surface area contributed by atoms with Crippen LogP contribution in [0.1, 0.15) is 45.1 Å². The van der Waals surface area contributed by atoms with Gasteiger partial charge in [0.2, 0.25) is 0 Å². The van der Waals surface area contributed by atoms with Gasteiger partial charge in [0.25, 0.3) is 0 Å². The van der Waals surface area contributed by atoms with Crippen LogP contribution < -0.4 is 5.69 Å². The lowest BCUT2D eigenvalue weighted by Crippen LogP contribution is -2.27. The van der Waals surface area contributed by atoms with Crippen LogP contribution in [0.2, 0.25) is 0 Å². The van der Waals surface area contributed by atoms with Crippen molar-refractivity contribution in [3.05, 3.63) is 22.9 Å². The second-order valence-corrected chi connectivity index (χ2v) is 4.04. The summed E-state index contributed by atoms with van der Waals surface area (Å²) in [5.41, 5.74) is -0.0139. The Morgan fingerprint density at radius 2 is 2.13 bits per heavy atom. The summed E-state index contributed by atoms with van der Waals surface area (Å²) in [6.07, 6.45) is 11.1. The smallest absolute Gasteiger partial charge is 0.257 e. The summed E-state index contributed by atoms with van der Waals surface area (Å²) in [6, 6.07) is 0.317. The Bertz CT molecular complexity index is 396. The first kappa shape index (κ1) is 10.2. The number of hydrogen-bond donors (Lipinski definition) is 0. The molecule has 0 N–H and O–H groups in total. The van der Waals surface area contributed by atoms with Crippen molar-refractivity contribution in [1.82, 2.24) is 14.3 Å². The van der Waals surface area contributed by atoms with Gasteiger partial charge < -0.3 is 0 Å². The fraction of sp³-hybridized carbons (Fsp3) is 0.636. The van der Waals surface area contributed by atoms with Crippen molar-refractivity contribution in [3.63, 3.8) is 0 Å². The summed E-state index contributed by atoms with van der Waals surface area (Å²) in [4.78, 5) is 11.9. The quantitative estimate of drug-likeness (QED) is 0.744. The molecule has 4 heteroatoms. The molecule has 1 aliphatic rings. The molecule has 0 unspecified atom stereocenters. The largest absolute Gasteiger partial charge is 0.350 e. The van der Waals surface area contributed by atoms with Crippen molar-refractivity contribution in [2.75, 3.05) is 0 Å². The Balaban J connectivity index is 2.24. The molecule has 2 rings (SSSR count). The van der Waals surface area contributed by atoms with Gasteiger partial charge in [-0.25, -0.2) is 9.48 Å². The molecule has 1 fully saturated rings. The molecule has 1 aromatic rings. The van der Waals surface area contributed by atoms with Crippen LogP contribution in [0.5, 0.6) is 0 Å². The number of allylic oxidation sites excluding steroid dienone is 1. The van der Waals surface area contributed by atoms with Gasteiger partial charge >= 0.3 is 5.69 Å². The lowest BCUT2D eigenvalue weighted by Gasteiger charge is -2.20. The van der Waals surface area contributed by atoms with Crippen molar-refractivity contribution in [3.8, 4) is 0 Å². The van der Waals surface area contributed by atoms with Gasteiger partial charge in [-0.2, -0.15) is 5.10 Å². The van der Waals surface area contributed by atoms with E-state index in [4.69, 9.17) is 0 Å². The van der Waals surface area contributed by atoms with Crippen molar-refractivity contribution < 1.29 is 0 Å². The van der Waals surface area contributed by atoms with Crippen molar-refractivity contribution in [2.24, 2.45) is 0 Å². The number of hydrogen-bond acceptors (Lipinski definition) is 2. The minimum absolute atomic E-state index is 0.0139. The molecule has 1 aromatic heterocycles. The van der Waals surface area contributed by atoms with Crippen molar-refractivity contribution in [2.45, 2.75) is 45.1 Å². The molecule has 1 saturated carbocycles. The van der Waals surface area contributed by atoms with E-state index in [0.717, 1.165) is 12.8 Å². The zero-order chi connectivity index (χ0) is 10.7. The molecule has 0 aliphatic heterocycles. The van der Waals surface area contributed by atoms with Crippen LogP contribution in [-0.2, 0) is 0 Å². The highest BCUT2D eigenvalue weighted by molar-refractivity contribution is 5.18. The first-order chi connectivity index (χ1) is 7.33. The third-order valence-electron chi connectivity index (χ3n) is 2.95. The lowest BCUT2D eigenvalue weighted by atomic mass is 9.96. The SMILES string of the molecule is C/C=C\n1cnn(C2CCCCC2)c1=O. The maximum atomic E-state index is 11.9. The predicted octanol–water partition coefficient (Wildman–Crippen LogP) is 2.04. The van der Waals surface area contributed by atoms with E-state index in [1.54, 1.807) is 17.2 Å². The Morgan fingerprint density at radius 3 is 2.80 bits per heavy atom. The van der Waals surface area contributed by atoms with Crippen LogP contribution in [0.15, 0.2) is 17.2 Å². The fourth-order valence-electron chi connectivity index (χ4n) is 2.17. The molecular formula is C11H17N3O. The van der Waals surface area contributed by atoms with Crippen LogP contribution in [0.3, 0.4) is 0 Å². The normalized spacial score (nSPS) is 18.7. The van der Waals surface area contributed by atoms with Crippen LogP contribution in [0.4, 0.5) is 0 Å². The molecule has 0 radical (unpaired) electrons. The first-order valence-electron chi connectivity index (χ1n) is 5.61. The van der Waals surface area contributed by atoms with Crippen LogP contribution in [-0.4, -0.2) is 14.3 Å². The Morgan fingerprint density at radius 1 is 1.40 bits per heavy atom. The molecule has 0 atom stereocenters. The number of rotatable bonds is 2. The van der Waals surface area contributed by atoms with Crippen molar-refractivity contribution >= 4 is 6.20 Å². The number of nitrogens with zero attached hydrogens (tertiary/aromatic N) is 3. The van der Waals surface area contributed by atoms with Crippen LogP contribution in [0, 0.1) is 0 Å². The zero-order valence-corrected chi connectivity index (χ0v) is 9.09. The summed E-state index contributed by atoms with van der Waals surface area (Å²) in [5, 5.41) is 4.17. The van der Waals surface area contributed by atoms with Gasteiger partial charge in [-0.1, -0.05) is 25.3 Å².